The van der Waals surface area contributed by atoms with Crippen molar-refractivity contribution in [1.29, 1.82) is 0 Å². The molecule has 1 aromatic carbocycles. The van der Waals surface area contributed by atoms with E-state index in [-0.39, 0.29) is 17.0 Å². The fraction of sp³-hybridized carbons (Fsp3) is 0.609. The van der Waals surface area contributed by atoms with Gasteiger partial charge in [-0.25, -0.2) is 0 Å². The van der Waals surface area contributed by atoms with Gasteiger partial charge >= 0.3 is 0 Å². The van der Waals surface area contributed by atoms with Gasteiger partial charge in [0.05, 0.1) is 6.54 Å². The summed E-state index contributed by atoms with van der Waals surface area (Å²) in [7, 11) is 0. The molecule has 1 heterocycles. The molecule has 1 saturated heterocycles. The highest BCUT2D eigenvalue weighted by Crippen LogP contribution is 2.33. The van der Waals surface area contributed by atoms with E-state index in [1.807, 2.05) is 13.8 Å². The Balaban J connectivity index is 1.34. The SMILES string of the molecule is CC1(C)CC(=O)C(C=NCCN2CCN(CCc3ccccc3)CC2)C(=O)C1. The van der Waals surface area contributed by atoms with E-state index in [0.29, 0.717) is 19.4 Å². The van der Waals surface area contributed by atoms with Crippen LogP contribution in [0.1, 0.15) is 32.3 Å². The Bertz CT molecular complexity index is 671. The number of benzene rings is 1. The predicted molar refractivity (Wildman–Crippen MR) is 113 cm³/mol. The third-order valence-corrected chi connectivity index (χ3v) is 5.82. The zero-order chi connectivity index (χ0) is 20.0. The molecule has 0 radical (unpaired) electrons. The third-order valence-electron chi connectivity index (χ3n) is 5.82. The van der Waals surface area contributed by atoms with Crippen LogP contribution < -0.4 is 0 Å². The first kappa shape index (κ1) is 20.9. The number of Topliss-reactive ketones (excluding diaryl/α,β-unsaturated/α-hetero) is 2. The van der Waals surface area contributed by atoms with Crippen LogP contribution in [0.3, 0.4) is 0 Å². The lowest BCUT2D eigenvalue weighted by molar-refractivity contribution is -0.136. The van der Waals surface area contributed by atoms with Crippen molar-refractivity contribution >= 4 is 17.8 Å². The number of hydrogen-bond acceptors (Lipinski definition) is 5. The number of aliphatic imine (C=N–C) groups is 1. The highest BCUT2D eigenvalue weighted by Gasteiger charge is 2.38. The van der Waals surface area contributed by atoms with Gasteiger partial charge in [0.1, 0.15) is 17.5 Å². The van der Waals surface area contributed by atoms with Crippen LogP contribution in [0, 0.1) is 11.3 Å². The Morgan fingerprint density at radius 1 is 0.964 bits per heavy atom. The molecule has 3 rings (SSSR count). The molecule has 1 saturated carbocycles. The second-order valence-corrected chi connectivity index (χ2v) is 8.90. The number of nitrogens with zero attached hydrogens (tertiary/aromatic N) is 3. The molecule has 0 spiro atoms. The lowest BCUT2D eigenvalue weighted by Gasteiger charge is -2.34. The van der Waals surface area contributed by atoms with Gasteiger partial charge < -0.3 is 4.90 Å². The predicted octanol–water partition coefficient (Wildman–Crippen LogP) is 2.49. The normalized spacial score (nSPS) is 22.2. The second kappa shape index (κ2) is 9.57. The molecular formula is C23H33N3O2. The fourth-order valence-corrected chi connectivity index (χ4v) is 4.12. The lowest BCUT2D eigenvalue weighted by atomic mass is 9.72. The van der Waals surface area contributed by atoms with Crippen molar-refractivity contribution in [2.24, 2.45) is 16.3 Å². The molecule has 2 fully saturated rings. The standard InChI is InChI=1S/C23H33N3O2/c1-23(2)16-21(27)20(22(28)17-23)18-24-9-11-26-14-12-25(13-15-26)10-8-19-6-4-3-5-7-19/h3-7,18,20H,8-17H2,1-2H3. The summed E-state index contributed by atoms with van der Waals surface area (Å²) in [5, 5.41) is 0. The minimum absolute atomic E-state index is 0.0250. The van der Waals surface area contributed by atoms with Crippen molar-refractivity contribution in [3.05, 3.63) is 35.9 Å². The van der Waals surface area contributed by atoms with E-state index in [1.54, 1.807) is 6.21 Å². The fourth-order valence-electron chi connectivity index (χ4n) is 4.12. The molecule has 0 aromatic heterocycles. The summed E-state index contributed by atoms with van der Waals surface area (Å²) in [4.78, 5) is 33.7. The molecule has 5 nitrogen and oxygen atoms in total. The average Bonchev–Trinajstić information content (AvgIpc) is 2.66. The first-order valence-corrected chi connectivity index (χ1v) is 10.5. The van der Waals surface area contributed by atoms with E-state index in [1.165, 1.54) is 5.56 Å². The van der Waals surface area contributed by atoms with Gasteiger partial charge in [-0.05, 0) is 17.4 Å². The Labute approximate surface area is 168 Å². The Hall–Kier alpha value is -1.85. The van der Waals surface area contributed by atoms with E-state index >= 15 is 0 Å². The Morgan fingerprint density at radius 3 is 2.14 bits per heavy atom. The molecule has 5 heteroatoms. The van der Waals surface area contributed by atoms with Crippen LogP contribution in [-0.4, -0.2) is 73.4 Å². The molecule has 28 heavy (non-hydrogen) atoms. The molecule has 0 bridgehead atoms. The lowest BCUT2D eigenvalue weighted by Crippen LogP contribution is -2.47. The maximum absolute atomic E-state index is 12.2. The number of carbonyl (C=O) groups is 2. The van der Waals surface area contributed by atoms with Gasteiger partial charge in [0.2, 0.25) is 0 Å². The number of piperazine rings is 1. The molecular weight excluding hydrogens is 350 g/mol. The minimum atomic E-state index is -0.608. The monoisotopic (exact) mass is 383 g/mol. The quantitative estimate of drug-likeness (QED) is 0.536. The highest BCUT2D eigenvalue weighted by molar-refractivity contribution is 6.16. The summed E-state index contributed by atoms with van der Waals surface area (Å²) >= 11 is 0. The van der Waals surface area contributed by atoms with E-state index < -0.39 is 5.92 Å². The third kappa shape index (κ3) is 6.08. The molecule has 152 valence electrons. The van der Waals surface area contributed by atoms with Gasteiger partial charge in [0.25, 0.3) is 0 Å². The van der Waals surface area contributed by atoms with Gasteiger partial charge in [-0.1, -0.05) is 44.2 Å². The molecule has 1 aliphatic heterocycles. The van der Waals surface area contributed by atoms with Gasteiger partial charge in [0, 0.05) is 58.3 Å². The van der Waals surface area contributed by atoms with Crippen LogP contribution in [0.15, 0.2) is 35.3 Å². The highest BCUT2D eigenvalue weighted by atomic mass is 16.2. The summed E-state index contributed by atoms with van der Waals surface area (Å²) in [5.41, 5.74) is 1.20. The smallest absolute Gasteiger partial charge is 0.149 e. The zero-order valence-corrected chi connectivity index (χ0v) is 17.3. The first-order chi connectivity index (χ1) is 13.4. The second-order valence-electron chi connectivity index (χ2n) is 8.90. The summed E-state index contributed by atoms with van der Waals surface area (Å²) in [6.45, 7) is 10.9. The van der Waals surface area contributed by atoms with Crippen molar-refractivity contribution in [2.45, 2.75) is 33.1 Å². The van der Waals surface area contributed by atoms with Crippen molar-refractivity contribution in [1.82, 2.24) is 9.80 Å². The number of hydrogen-bond donors (Lipinski definition) is 0. The van der Waals surface area contributed by atoms with Crippen molar-refractivity contribution < 1.29 is 9.59 Å². The Kier molecular flexibility index (Phi) is 7.13. The van der Waals surface area contributed by atoms with Crippen molar-refractivity contribution in [2.75, 3.05) is 45.8 Å². The minimum Gasteiger partial charge on any atom is -0.300 e. The maximum atomic E-state index is 12.2. The molecule has 1 aromatic rings. The van der Waals surface area contributed by atoms with Crippen molar-refractivity contribution in [3.63, 3.8) is 0 Å². The van der Waals surface area contributed by atoms with E-state index in [0.717, 1.165) is 45.7 Å². The molecule has 0 amide bonds. The molecule has 1 aliphatic carbocycles. The summed E-state index contributed by atoms with van der Waals surface area (Å²) in [6.07, 6.45) is 3.65. The van der Waals surface area contributed by atoms with Crippen LogP contribution in [-0.2, 0) is 16.0 Å². The molecule has 0 unspecified atom stereocenters. The molecule has 2 aliphatic rings. The number of rotatable bonds is 7. The van der Waals surface area contributed by atoms with Crippen LogP contribution in [0.25, 0.3) is 0 Å². The van der Waals surface area contributed by atoms with Gasteiger partial charge in [-0.2, -0.15) is 0 Å². The van der Waals surface area contributed by atoms with E-state index in [9.17, 15) is 9.59 Å². The van der Waals surface area contributed by atoms with Crippen LogP contribution >= 0.6 is 0 Å². The van der Waals surface area contributed by atoms with Crippen LogP contribution in [0.4, 0.5) is 0 Å². The average molecular weight is 384 g/mol. The van der Waals surface area contributed by atoms with Gasteiger partial charge in [-0.3, -0.25) is 19.5 Å². The zero-order valence-electron chi connectivity index (χ0n) is 17.3. The first-order valence-electron chi connectivity index (χ1n) is 10.5. The largest absolute Gasteiger partial charge is 0.300 e. The maximum Gasteiger partial charge on any atom is 0.149 e. The van der Waals surface area contributed by atoms with E-state index in [4.69, 9.17) is 0 Å². The van der Waals surface area contributed by atoms with Crippen molar-refractivity contribution in [3.8, 4) is 0 Å². The van der Waals surface area contributed by atoms with Gasteiger partial charge in [0.15, 0.2) is 0 Å². The Morgan fingerprint density at radius 2 is 1.54 bits per heavy atom. The number of ketones is 2. The summed E-state index contributed by atoms with van der Waals surface area (Å²) in [6, 6.07) is 10.6. The summed E-state index contributed by atoms with van der Waals surface area (Å²) in [5.74, 6) is -0.558. The molecule has 0 atom stereocenters. The van der Waals surface area contributed by atoms with E-state index in [2.05, 4.69) is 45.1 Å². The molecule has 0 N–H and O–H groups in total. The van der Waals surface area contributed by atoms with Crippen LogP contribution in [0.5, 0.6) is 0 Å². The topological polar surface area (TPSA) is 53.0 Å². The van der Waals surface area contributed by atoms with Crippen LogP contribution in [0.2, 0.25) is 0 Å². The summed E-state index contributed by atoms with van der Waals surface area (Å²) < 4.78 is 0. The van der Waals surface area contributed by atoms with Gasteiger partial charge in [-0.15, -0.1) is 0 Å². The number of carbonyl (C=O) groups excluding carboxylic acids is 2.